The van der Waals surface area contributed by atoms with E-state index in [-0.39, 0.29) is 4.90 Å². The molecule has 0 bridgehead atoms. The van der Waals surface area contributed by atoms with Crippen LogP contribution in [0.4, 0.5) is 0 Å². The lowest BCUT2D eigenvalue weighted by Gasteiger charge is -2.22. The smallest absolute Gasteiger partial charge is 0.321 e. The van der Waals surface area contributed by atoms with E-state index in [9.17, 15) is 13.2 Å². The van der Waals surface area contributed by atoms with Crippen molar-refractivity contribution in [1.29, 1.82) is 0 Å². The lowest BCUT2D eigenvalue weighted by atomic mass is 10.1. The number of likely N-dealkylation sites (N-methyl/N-ethyl adjacent to an activating group) is 1. The molecule has 1 aromatic carbocycles. The van der Waals surface area contributed by atoms with Gasteiger partial charge >= 0.3 is 5.97 Å². The minimum absolute atomic E-state index is 0.0592. The SMILES string of the molecule is COc1c(C)cc(S(=O)(=O)N(C)C(C)C(=O)O)cc1C. The summed E-state index contributed by atoms with van der Waals surface area (Å²) < 4.78 is 30.8. The van der Waals surface area contributed by atoms with Crippen LogP contribution in [0.2, 0.25) is 0 Å². The highest BCUT2D eigenvalue weighted by atomic mass is 32.2. The molecule has 20 heavy (non-hydrogen) atoms. The van der Waals surface area contributed by atoms with Crippen molar-refractivity contribution < 1.29 is 23.1 Å². The number of aliphatic carboxylic acids is 1. The summed E-state index contributed by atoms with van der Waals surface area (Å²) in [6.07, 6.45) is 0. The molecule has 1 unspecified atom stereocenters. The maximum atomic E-state index is 12.4. The molecule has 1 N–H and O–H groups in total. The summed E-state index contributed by atoms with van der Waals surface area (Å²) in [6, 6.07) is 1.82. The molecule has 0 amide bonds. The molecule has 7 heteroatoms. The van der Waals surface area contributed by atoms with Crippen molar-refractivity contribution in [1.82, 2.24) is 4.31 Å². The van der Waals surface area contributed by atoms with Gasteiger partial charge in [0.15, 0.2) is 0 Å². The van der Waals surface area contributed by atoms with E-state index in [2.05, 4.69) is 0 Å². The zero-order valence-electron chi connectivity index (χ0n) is 12.2. The number of rotatable bonds is 5. The molecular formula is C13H19NO5S. The van der Waals surface area contributed by atoms with Crippen LogP contribution in [0.1, 0.15) is 18.1 Å². The van der Waals surface area contributed by atoms with E-state index < -0.39 is 22.0 Å². The summed E-state index contributed by atoms with van der Waals surface area (Å²) >= 11 is 0. The molecule has 6 nitrogen and oxygen atoms in total. The van der Waals surface area contributed by atoms with E-state index in [0.29, 0.717) is 16.9 Å². The standard InChI is InChI=1S/C13H19NO5S/c1-8-6-11(7-9(2)12(8)19-5)20(17,18)14(4)10(3)13(15)16/h6-7,10H,1-5H3,(H,15,16). The number of methoxy groups -OCH3 is 1. The molecule has 0 saturated carbocycles. The summed E-state index contributed by atoms with van der Waals surface area (Å²) in [7, 11) is -1.09. The van der Waals surface area contributed by atoms with Gasteiger partial charge in [0.05, 0.1) is 12.0 Å². The molecule has 1 atom stereocenters. The van der Waals surface area contributed by atoms with Crippen molar-refractivity contribution in [3.05, 3.63) is 23.3 Å². The second kappa shape index (κ2) is 5.80. The predicted molar refractivity (Wildman–Crippen MR) is 74.5 cm³/mol. The first-order valence-electron chi connectivity index (χ1n) is 5.99. The highest BCUT2D eigenvalue weighted by molar-refractivity contribution is 7.89. The largest absolute Gasteiger partial charge is 0.496 e. The molecule has 0 spiro atoms. The van der Waals surface area contributed by atoms with Crippen molar-refractivity contribution in [2.24, 2.45) is 0 Å². The van der Waals surface area contributed by atoms with Crippen LogP contribution in [0.15, 0.2) is 17.0 Å². The van der Waals surface area contributed by atoms with Crippen LogP contribution in [0.25, 0.3) is 0 Å². The Hall–Kier alpha value is -1.60. The maximum Gasteiger partial charge on any atom is 0.321 e. The number of ether oxygens (including phenoxy) is 1. The third-order valence-corrected chi connectivity index (χ3v) is 5.12. The number of carboxylic acids is 1. The van der Waals surface area contributed by atoms with Gasteiger partial charge in [-0.05, 0) is 44.0 Å². The van der Waals surface area contributed by atoms with Gasteiger partial charge in [0.1, 0.15) is 11.8 Å². The van der Waals surface area contributed by atoms with Crippen LogP contribution >= 0.6 is 0 Å². The fourth-order valence-electron chi connectivity index (χ4n) is 1.91. The number of hydrogen-bond donors (Lipinski definition) is 1. The van der Waals surface area contributed by atoms with E-state index in [0.717, 1.165) is 4.31 Å². The van der Waals surface area contributed by atoms with Gasteiger partial charge in [-0.1, -0.05) is 0 Å². The van der Waals surface area contributed by atoms with Crippen LogP contribution in [0.5, 0.6) is 5.75 Å². The van der Waals surface area contributed by atoms with E-state index in [1.807, 2.05) is 0 Å². The van der Waals surface area contributed by atoms with Gasteiger partial charge in [0.25, 0.3) is 0 Å². The summed E-state index contributed by atoms with van der Waals surface area (Å²) in [4.78, 5) is 11.0. The third-order valence-electron chi connectivity index (χ3n) is 3.22. The molecule has 0 aliphatic carbocycles. The molecule has 0 radical (unpaired) electrons. The van der Waals surface area contributed by atoms with Crippen LogP contribution in [0.3, 0.4) is 0 Å². The van der Waals surface area contributed by atoms with Crippen LogP contribution in [0, 0.1) is 13.8 Å². The minimum atomic E-state index is -3.86. The normalized spacial score (nSPS) is 13.3. The molecule has 0 aliphatic heterocycles. The number of benzene rings is 1. The number of nitrogens with zero attached hydrogens (tertiary/aromatic N) is 1. The number of carboxylic acid groups (broad SMARTS) is 1. The predicted octanol–water partition coefficient (Wildman–Crippen LogP) is 1.41. The Kier molecular flexibility index (Phi) is 4.77. The van der Waals surface area contributed by atoms with Gasteiger partial charge in [-0.25, -0.2) is 8.42 Å². The Morgan fingerprint density at radius 1 is 1.30 bits per heavy atom. The number of hydrogen-bond acceptors (Lipinski definition) is 4. The average molecular weight is 301 g/mol. The van der Waals surface area contributed by atoms with E-state index in [1.165, 1.54) is 33.2 Å². The molecule has 112 valence electrons. The molecule has 0 aliphatic rings. The first-order chi connectivity index (χ1) is 9.12. The second-order valence-corrected chi connectivity index (χ2v) is 6.62. The summed E-state index contributed by atoms with van der Waals surface area (Å²) in [6.45, 7) is 4.81. The average Bonchev–Trinajstić information content (AvgIpc) is 2.36. The number of carbonyl (C=O) groups is 1. The molecular weight excluding hydrogens is 282 g/mol. The van der Waals surface area contributed by atoms with Crippen molar-refractivity contribution >= 4 is 16.0 Å². The first-order valence-corrected chi connectivity index (χ1v) is 7.43. The Morgan fingerprint density at radius 2 is 1.75 bits per heavy atom. The van der Waals surface area contributed by atoms with Gasteiger partial charge in [0, 0.05) is 7.05 Å². The van der Waals surface area contributed by atoms with Gasteiger partial charge in [-0.3, -0.25) is 4.79 Å². The molecule has 1 rings (SSSR count). The van der Waals surface area contributed by atoms with Crippen molar-refractivity contribution in [3.63, 3.8) is 0 Å². The molecule has 0 aromatic heterocycles. The molecule has 0 fully saturated rings. The number of aryl methyl sites for hydroxylation is 2. The lowest BCUT2D eigenvalue weighted by molar-refractivity contribution is -0.140. The van der Waals surface area contributed by atoms with Gasteiger partial charge in [-0.2, -0.15) is 4.31 Å². The highest BCUT2D eigenvalue weighted by Crippen LogP contribution is 2.28. The second-order valence-electron chi connectivity index (χ2n) is 4.63. The number of sulfonamides is 1. The van der Waals surface area contributed by atoms with Gasteiger partial charge < -0.3 is 9.84 Å². The topological polar surface area (TPSA) is 83.9 Å². The van der Waals surface area contributed by atoms with E-state index in [1.54, 1.807) is 13.8 Å². The summed E-state index contributed by atoms with van der Waals surface area (Å²) in [5.41, 5.74) is 1.37. The van der Waals surface area contributed by atoms with E-state index in [4.69, 9.17) is 9.84 Å². The Balaban J connectivity index is 3.33. The molecule has 0 saturated heterocycles. The van der Waals surface area contributed by atoms with Gasteiger partial charge in [-0.15, -0.1) is 0 Å². The highest BCUT2D eigenvalue weighted by Gasteiger charge is 2.30. The fraction of sp³-hybridized carbons (Fsp3) is 0.462. The van der Waals surface area contributed by atoms with Crippen molar-refractivity contribution in [3.8, 4) is 5.75 Å². The van der Waals surface area contributed by atoms with Crippen LogP contribution < -0.4 is 4.74 Å². The molecule has 0 heterocycles. The van der Waals surface area contributed by atoms with Crippen LogP contribution in [-0.2, 0) is 14.8 Å². The van der Waals surface area contributed by atoms with Gasteiger partial charge in [0.2, 0.25) is 10.0 Å². The maximum absolute atomic E-state index is 12.4. The zero-order chi connectivity index (χ0) is 15.7. The Labute approximate surface area is 119 Å². The van der Waals surface area contributed by atoms with Crippen LogP contribution in [-0.4, -0.2) is 44.0 Å². The molecule has 1 aromatic rings. The third kappa shape index (κ3) is 2.94. The lowest BCUT2D eigenvalue weighted by Crippen LogP contribution is -2.40. The first kappa shape index (κ1) is 16.5. The Bertz CT molecular complexity index is 601. The fourth-order valence-corrected chi connectivity index (χ4v) is 3.40. The van der Waals surface area contributed by atoms with Crippen molar-refractivity contribution in [2.75, 3.05) is 14.2 Å². The van der Waals surface area contributed by atoms with E-state index >= 15 is 0 Å². The zero-order valence-corrected chi connectivity index (χ0v) is 13.0. The Morgan fingerprint density at radius 3 is 2.10 bits per heavy atom. The summed E-state index contributed by atoms with van der Waals surface area (Å²) in [5, 5.41) is 8.93. The monoisotopic (exact) mass is 301 g/mol. The minimum Gasteiger partial charge on any atom is -0.496 e. The quantitative estimate of drug-likeness (QED) is 0.889. The van der Waals surface area contributed by atoms with Crippen molar-refractivity contribution in [2.45, 2.75) is 31.7 Å². The summed E-state index contributed by atoms with van der Waals surface area (Å²) in [5.74, 6) is -0.573.